The average Bonchev–Trinajstić information content (AvgIpc) is 2.57. The van der Waals surface area contributed by atoms with Gasteiger partial charge in [-0.1, -0.05) is 456 Å². The van der Waals surface area contributed by atoms with E-state index in [0.29, 0.717) is 17.4 Å². The van der Waals surface area contributed by atoms with Gasteiger partial charge in [0.15, 0.2) is 0 Å². The number of nitrogens with one attached hydrogen (secondary N) is 1. The Morgan fingerprint density at radius 2 is 0.581 bits per heavy atom. The minimum absolute atomic E-state index is 0.00322. The molecule has 0 spiro atoms. The lowest BCUT2D eigenvalue weighted by Gasteiger charge is -2.29. The molecule has 3 atom stereocenters. The van der Waals surface area contributed by atoms with E-state index in [4.69, 9.17) is 9.05 Å². The molecule has 8 nitrogen and oxygen atoms in total. The minimum Gasteiger partial charge on any atom is -0.756 e. The van der Waals surface area contributed by atoms with E-state index in [2.05, 4.69) is 19.2 Å². The van der Waals surface area contributed by atoms with Crippen LogP contribution in [0.3, 0.4) is 0 Å². The summed E-state index contributed by atoms with van der Waals surface area (Å²) in [6, 6.07) is -0.885. The molecule has 0 aliphatic heterocycles. The number of phosphoric ester groups is 1. The number of nitrogens with zero attached hydrogens (tertiary/aromatic N) is 1. The first-order valence-corrected chi connectivity index (χ1v) is 44.0. The SMILES string of the molecule is CCCCCCCCCCCCCCCCCCCCCCCCCCCCCCCC/C=C/C(O)C(COP(=O)([O-])OCC[N+](C)(C)C)NC(=O)CCCCCCCCCCCCCCCCCCCCCCCCCCCCCCCCCCCCCCCCC. The first-order chi connectivity index (χ1) is 45.5. The van der Waals surface area contributed by atoms with E-state index in [9.17, 15) is 19.4 Å². The molecule has 93 heavy (non-hydrogen) atoms. The van der Waals surface area contributed by atoms with Gasteiger partial charge in [-0.25, -0.2) is 0 Å². The molecule has 0 saturated carbocycles. The van der Waals surface area contributed by atoms with Crippen LogP contribution in [0.25, 0.3) is 0 Å². The number of rotatable bonds is 81. The Labute approximate surface area is 583 Å². The van der Waals surface area contributed by atoms with Gasteiger partial charge < -0.3 is 28.8 Å². The highest BCUT2D eigenvalue weighted by molar-refractivity contribution is 7.45. The molecule has 0 heterocycles. The van der Waals surface area contributed by atoms with Gasteiger partial charge in [0.25, 0.3) is 7.82 Å². The van der Waals surface area contributed by atoms with Gasteiger partial charge in [0.2, 0.25) is 5.91 Å². The molecule has 2 N–H and O–H groups in total. The fourth-order valence-corrected chi connectivity index (χ4v) is 14.4. The van der Waals surface area contributed by atoms with E-state index in [-0.39, 0.29) is 19.1 Å². The summed E-state index contributed by atoms with van der Waals surface area (Å²) >= 11 is 0. The van der Waals surface area contributed by atoms with Gasteiger partial charge >= 0.3 is 0 Å². The van der Waals surface area contributed by atoms with Crippen molar-refractivity contribution >= 4 is 13.7 Å². The lowest BCUT2D eigenvalue weighted by atomic mass is 10.0. The number of aliphatic hydroxyl groups excluding tert-OH is 1. The summed E-state index contributed by atoms with van der Waals surface area (Å²) in [5.74, 6) is -0.185. The Morgan fingerprint density at radius 3 is 0.806 bits per heavy atom. The van der Waals surface area contributed by atoms with Crippen molar-refractivity contribution in [3.63, 3.8) is 0 Å². The molecular weight excluding hydrogens is 1160 g/mol. The molecule has 0 saturated heterocycles. The zero-order chi connectivity index (χ0) is 67.6. The van der Waals surface area contributed by atoms with Crippen molar-refractivity contribution in [2.75, 3.05) is 40.9 Å². The van der Waals surface area contributed by atoms with Crippen LogP contribution in [-0.4, -0.2) is 68.5 Å². The molecular formula is C84H169N2O6P. The largest absolute Gasteiger partial charge is 0.756 e. The number of phosphoric acid groups is 1. The second kappa shape index (κ2) is 75.4. The molecule has 0 rings (SSSR count). The van der Waals surface area contributed by atoms with Gasteiger partial charge in [-0.15, -0.1) is 0 Å². The Bertz CT molecular complexity index is 1520. The number of hydrogen-bond donors (Lipinski definition) is 2. The second-order valence-electron chi connectivity index (χ2n) is 30.9. The number of unbranched alkanes of at least 4 members (excludes halogenated alkanes) is 68. The van der Waals surface area contributed by atoms with Crippen molar-refractivity contribution in [1.82, 2.24) is 5.32 Å². The molecule has 0 radical (unpaired) electrons. The topological polar surface area (TPSA) is 108 Å². The highest BCUT2D eigenvalue weighted by Crippen LogP contribution is 2.38. The molecule has 9 heteroatoms. The van der Waals surface area contributed by atoms with E-state index in [1.54, 1.807) is 6.08 Å². The molecule has 0 aromatic carbocycles. The van der Waals surface area contributed by atoms with Crippen LogP contribution in [0.2, 0.25) is 0 Å². The Kier molecular flexibility index (Phi) is 74.8. The minimum atomic E-state index is -4.61. The van der Waals surface area contributed by atoms with Gasteiger partial charge in [0, 0.05) is 6.42 Å². The Hall–Kier alpha value is -0.760. The van der Waals surface area contributed by atoms with E-state index in [1.165, 1.54) is 411 Å². The van der Waals surface area contributed by atoms with Crippen molar-refractivity contribution in [1.29, 1.82) is 0 Å². The van der Waals surface area contributed by atoms with Gasteiger partial charge in [-0.05, 0) is 19.3 Å². The lowest BCUT2D eigenvalue weighted by molar-refractivity contribution is -0.870. The van der Waals surface area contributed by atoms with E-state index < -0.39 is 20.0 Å². The third kappa shape index (κ3) is 78.5. The van der Waals surface area contributed by atoms with E-state index >= 15 is 0 Å². The summed E-state index contributed by atoms with van der Waals surface area (Å²) in [6.07, 6.45) is 99.9. The molecule has 0 aromatic heterocycles. The molecule has 0 aromatic rings. The van der Waals surface area contributed by atoms with Crippen LogP contribution in [-0.2, 0) is 18.4 Å². The lowest BCUT2D eigenvalue weighted by Crippen LogP contribution is -2.45. The third-order valence-electron chi connectivity index (χ3n) is 20.2. The normalized spacial score (nSPS) is 13.4. The van der Waals surface area contributed by atoms with E-state index in [1.807, 2.05) is 27.2 Å². The molecule has 3 unspecified atom stereocenters. The Balaban J connectivity index is 3.88. The Morgan fingerprint density at radius 1 is 0.366 bits per heavy atom. The second-order valence-corrected chi connectivity index (χ2v) is 32.3. The van der Waals surface area contributed by atoms with Crippen molar-refractivity contribution in [2.24, 2.45) is 0 Å². The predicted molar refractivity (Wildman–Crippen MR) is 409 cm³/mol. The maximum absolute atomic E-state index is 13.1. The fourth-order valence-electron chi connectivity index (χ4n) is 13.7. The van der Waals surface area contributed by atoms with E-state index in [0.717, 1.165) is 38.5 Å². The summed E-state index contributed by atoms with van der Waals surface area (Å²) in [6.45, 7) is 4.74. The number of hydrogen-bond acceptors (Lipinski definition) is 6. The van der Waals surface area contributed by atoms with Gasteiger partial charge in [0.1, 0.15) is 13.2 Å². The number of aliphatic hydroxyl groups is 1. The maximum Gasteiger partial charge on any atom is 0.268 e. The highest BCUT2D eigenvalue weighted by atomic mass is 31.2. The third-order valence-corrected chi connectivity index (χ3v) is 21.2. The quantitative estimate of drug-likeness (QED) is 0.0272. The van der Waals surface area contributed by atoms with Crippen molar-refractivity contribution in [3.8, 4) is 0 Å². The van der Waals surface area contributed by atoms with Crippen LogP contribution in [0, 0.1) is 0 Å². The maximum atomic E-state index is 13.1. The van der Waals surface area contributed by atoms with Crippen LogP contribution < -0.4 is 10.2 Å². The number of carbonyl (C=O) groups excluding carboxylic acids is 1. The van der Waals surface area contributed by atoms with Crippen LogP contribution in [0.4, 0.5) is 0 Å². The summed E-state index contributed by atoms with van der Waals surface area (Å²) in [5, 5.41) is 14.0. The standard InChI is InChI=1S/C84H169N2O6P/c1-6-8-10-12-14-16-18-20-22-24-26-28-30-32-34-36-38-40-41-42-43-44-45-46-48-50-52-54-56-58-60-62-64-66-68-70-72-74-76-78-84(88)85-82(81-92-93(89,90)91-80-79-86(3,4)5)83(87)77-75-73-71-69-67-65-63-61-59-57-55-53-51-49-47-39-37-35-33-31-29-27-25-23-21-19-17-15-13-11-9-7-2/h75,77,82-83,87H,6-74,76,78-81H2,1-5H3,(H-,85,88,89,90)/b77-75+. The van der Waals surface area contributed by atoms with Crippen molar-refractivity contribution in [2.45, 2.75) is 482 Å². The summed E-state index contributed by atoms with van der Waals surface area (Å²) < 4.78 is 23.6. The van der Waals surface area contributed by atoms with Crippen LogP contribution in [0.1, 0.15) is 470 Å². The molecule has 0 bridgehead atoms. The molecule has 556 valence electrons. The van der Waals surface area contributed by atoms with Crippen LogP contribution in [0.5, 0.6) is 0 Å². The number of allylic oxidation sites excluding steroid dienone is 1. The number of amides is 1. The monoisotopic (exact) mass is 1330 g/mol. The first-order valence-electron chi connectivity index (χ1n) is 42.6. The van der Waals surface area contributed by atoms with Crippen molar-refractivity contribution < 1.29 is 32.9 Å². The smallest absolute Gasteiger partial charge is 0.268 e. The van der Waals surface area contributed by atoms with Crippen LogP contribution in [0.15, 0.2) is 12.2 Å². The number of likely N-dealkylation sites (N-methyl/N-ethyl adjacent to an activating group) is 1. The molecule has 0 aliphatic rings. The zero-order valence-electron chi connectivity index (χ0n) is 64.0. The van der Waals surface area contributed by atoms with Crippen molar-refractivity contribution in [3.05, 3.63) is 12.2 Å². The summed E-state index contributed by atoms with van der Waals surface area (Å²) in [4.78, 5) is 25.7. The van der Waals surface area contributed by atoms with Gasteiger partial charge in [-0.2, -0.15) is 0 Å². The molecule has 0 aliphatic carbocycles. The highest BCUT2D eigenvalue weighted by Gasteiger charge is 2.23. The summed E-state index contributed by atoms with van der Waals surface area (Å²) in [5.41, 5.74) is 0. The fraction of sp³-hybridized carbons (Fsp3) is 0.964. The first kappa shape index (κ1) is 92.2. The van der Waals surface area contributed by atoms with Gasteiger partial charge in [-0.3, -0.25) is 9.36 Å². The van der Waals surface area contributed by atoms with Gasteiger partial charge in [0.05, 0.1) is 39.9 Å². The zero-order valence-corrected chi connectivity index (χ0v) is 64.9. The molecule has 0 fully saturated rings. The predicted octanol–water partition coefficient (Wildman–Crippen LogP) is 27.3. The average molecular weight is 1330 g/mol. The summed E-state index contributed by atoms with van der Waals surface area (Å²) in [7, 11) is 1.29. The number of quaternary nitrogens is 1. The number of carbonyl (C=O) groups is 1. The molecule has 1 amide bonds. The van der Waals surface area contributed by atoms with Crippen LogP contribution >= 0.6 is 7.82 Å².